The van der Waals surface area contributed by atoms with Gasteiger partial charge < -0.3 is 20.3 Å². The topological polar surface area (TPSA) is 106 Å². The molecule has 1 fully saturated rings. The van der Waals surface area contributed by atoms with Gasteiger partial charge in [0.2, 0.25) is 11.9 Å². The number of hydrogen-bond donors (Lipinski definition) is 2. The van der Waals surface area contributed by atoms with Crippen molar-refractivity contribution in [1.82, 2.24) is 24.4 Å². The zero-order valence-corrected chi connectivity index (χ0v) is 20.2. The monoisotopic (exact) mass is 477 g/mol. The van der Waals surface area contributed by atoms with Gasteiger partial charge >= 0.3 is 5.97 Å². The van der Waals surface area contributed by atoms with E-state index < -0.39 is 5.97 Å². The van der Waals surface area contributed by atoms with Crippen LogP contribution < -0.4 is 21.1 Å². The van der Waals surface area contributed by atoms with E-state index in [0.29, 0.717) is 42.6 Å². The number of fused-ring (bicyclic) bond motifs is 1. The standard InChI is InChI=1S/C25H31N7O3/c1-3-5-14-31-21-22(29-25(31)30-16-12-26-13-17-30)28-24(27-18-20(33)35-4-2)32(23(21)34)15-11-19-9-7-6-8-10-19/h6-10,26H,4,11-18H2,1-2H3,(H,27,28). The number of carbonyl (C=O) groups is 1. The van der Waals surface area contributed by atoms with E-state index in [4.69, 9.17) is 9.72 Å². The number of piperazine rings is 1. The summed E-state index contributed by atoms with van der Waals surface area (Å²) < 4.78 is 8.47. The molecule has 0 saturated carbocycles. The quantitative estimate of drug-likeness (QED) is 0.350. The van der Waals surface area contributed by atoms with Crippen LogP contribution in [0.1, 0.15) is 19.4 Å². The molecule has 184 valence electrons. The molecule has 10 nitrogen and oxygen atoms in total. The number of imidazole rings is 1. The minimum absolute atomic E-state index is 0.0935. The Balaban J connectivity index is 1.79. The molecule has 1 aliphatic rings. The second kappa shape index (κ2) is 11.5. The number of esters is 1. The van der Waals surface area contributed by atoms with Crippen LogP contribution in [0, 0.1) is 11.8 Å². The van der Waals surface area contributed by atoms with Gasteiger partial charge in [-0.15, -0.1) is 5.92 Å². The van der Waals surface area contributed by atoms with Crippen LogP contribution in [0.2, 0.25) is 0 Å². The van der Waals surface area contributed by atoms with Gasteiger partial charge in [-0.2, -0.15) is 9.97 Å². The number of aryl methyl sites for hydroxylation is 1. The molecule has 0 bridgehead atoms. The third-order valence-corrected chi connectivity index (χ3v) is 5.82. The lowest BCUT2D eigenvalue weighted by atomic mass is 10.1. The summed E-state index contributed by atoms with van der Waals surface area (Å²) in [5.41, 5.74) is 1.63. The molecule has 0 aliphatic carbocycles. The summed E-state index contributed by atoms with van der Waals surface area (Å²) in [5, 5.41) is 6.33. The van der Waals surface area contributed by atoms with Crippen LogP contribution in [0.15, 0.2) is 35.1 Å². The van der Waals surface area contributed by atoms with Crippen molar-refractivity contribution in [2.24, 2.45) is 0 Å². The highest BCUT2D eigenvalue weighted by atomic mass is 16.5. The Morgan fingerprint density at radius 2 is 1.94 bits per heavy atom. The first-order valence-corrected chi connectivity index (χ1v) is 11.9. The van der Waals surface area contributed by atoms with Crippen LogP contribution in [-0.2, 0) is 29.0 Å². The Labute approximate surface area is 204 Å². The van der Waals surface area contributed by atoms with Crippen molar-refractivity contribution < 1.29 is 9.53 Å². The SMILES string of the molecule is CC#CCn1c(N2CCNCC2)nc2nc(NCC(=O)OCC)n(CCc3ccccc3)c(=O)c21. The van der Waals surface area contributed by atoms with Crippen molar-refractivity contribution in [3.05, 3.63) is 46.2 Å². The van der Waals surface area contributed by atoms with Crippen LogP contribution in [0.5, 0.6) is 0 Å². The molecule has 1 aliphatic heterocycles. The highest BCUT2D eigenvalue weighted by molar-refractivity contribution is 5.77. The van der Waals surface area contributed by atoms with Crippen LogP contribution in [0.4, 0.5) is 11.9 Å². The highest BCUT2D eigenvalue weighted by Crippen LogP contribution is 2.21. The van der Waals surface area contributed by atoms with Crippen LogP contribution in [-0.4, -0.2) is 64.4 Å². The summed E-state index contributed by atoms with van der Waals surface area (Å²) in [6.45, 7) is 7.68. The molecule has 1 saturated heterocycles. The van der Waals surface area contributed by atoms with Crippen LogP contribution >= 0.6 is 0 Å². The first-order valence-electron chi connectivity index (χ1n) is 11.9. The summed E-state index contributed by atoms with van der Waals surface area (Å²) in [4.78, 5) is 37.4. The molecule has 1 aromatic carbocycles. The van der Waals surface area contributed by atoms with Gasteiger partial charge in [0.15, 0.2) is 11.2 Å². The van der Waals surface area contributed by atoms with E-state index in [0.717, 1.165) is 31.7 Å². The largest absolute Gasteiger partial charge is 0.465 e. The lowest BCUT2D eigenvalue weighted by Gasteiger charge is -2.28. The zero-order chi connectivity index (χ0) is 24.6. The van der Waals surface area contributed by atoms with Crippen molar-refractivity contribution in [2.45, 2.75) is 33.4 Å². The smallest absolute Gasteiger partial charge is 0.325 e. The number of nitrogens with one attached hydrogen (secondary N) is 2. The van der Waals surface area contributed by atoms with Crippen molar-refractivity contribution in [3.8, 4) is 11.8 Å². The highest BCUT2D eigenvalue weighted by Gasteiger charge is 2.24. The number of ether oxygens (including phenoxy) is 1. The van der Waals surface area contributed by atoms with Gasteiger partial charge in [0, 0.05) is 32.7 Å². The van der Waals surface area contributed by atoms with E-state index in [9.17, 15) is 9.59 Å². The maximum Gasteiger partial charge on any atom is 0.325 e. The van der Waals surface area contributed by atoms with E-state index in [1.807, 2.05) is 34.9 Å². The lowest BCUT2D eigenvalue weighted by molar-refractivity contribution is -0.140. The van der Waals surface area contributed by atoms with Crippen molar-refractivity contribution in [1.29, 1.82) is 0 Å². The molecule has 0 unspecified atom stereocenters. The Morgan fingerprint density at radius 1 is 1.17 bits per heavy atom. The fraction of sp³-hybridized carbons (Fsp3) is 0.440. The molecule has 10 heteroatoms. The number of hydrogen-bond acceptors (Lipinski definition) is 8. The molecule has 2 aromatic heterocycles. The minimum atomic E-state index is -0.415. The van der Waals surface area contributed by atoms with E-state index in [1.165, 1.54) is 0 Å². The van der Waals surface area contributed by atoms with E-state index in [2.05, 4.69) is 32.4 Å². The third kappa shape index (κ3) is 5.63. The van der Waals surface area contributed by atoms with Gasteiger partial charge in [-0.05, 0) is 25.8 Å². The second-order valence-corrected chi connectivity index (χ2v) is 8.12. The first-order chi connectivity index (χ1) is 17.1. The van der Waals surface area contributed by atoms with Crippen LogP contribution in [0.3, 0.4) is 0 Å². The second-order valence-electron chi connectivity index (χ2n) is 8.12. The predicted octanol–water partition coefficient (Wildman–Crippen LogP) is 1.24. The third-order valence-electron chi connectivity index (χ3n) is 5.82. The zero-order valence-electron chi connectivity index (χ0n) is 20.2. The van der Waals surface area contributed by atoms with Crippen molar-refractivity contribution >= 4 is 29.0 Å². The first kappa shape index (κ1) is 24.3. The number of aromatic nitrogens is 4. The Morgan fingerprint density at radius 3 is 2.66 bits per heavy atom. The molecule has 0 spiro atoms. The number of anilines is 2. The minimum Gasteiger partial charge on any atom is -0.465 e. The number of nitrogens with zero attached hydrogens (tertiary/aromatic N) is 5. The summed E-state index contributed by atoms with van der Waals surface area (Å²) in [6, 6.07) is 9.94. The number of benzene rings is 1. The molecule has 35 heavy (non-hydrogen) atoms. The Hall–Kier alpha value is -3.84. The molecule has 2 N–H and O–H groups in total. The predicted molar refractivity (Wildman–Crippen MR) is 136 cm³/mol. The van der Waals surface area contributed by atoms with Gasteiger partial charge in [-0.3, -0.25) is 18.7 Å². The van der Waals surface area contributed by atoms with Gasteiger partial charge in [0.1, 0.15) is 6.54 Å². The summed E-state index contributed by atoms with van der Waals surface area (Å²) in [7, 11) is 0. The summed E-state index contributed by atoms with van der Waals surface area (Å²) in [5.74, 6) is 6.56. The van der Waals surface area contributed by atoms with E-state index in [-0.39, 0.29) is 18.7 Å². The molecule has 0 radical (unpaired) electrons. The van der Waals surface area contributed by atoms with Gasteiger partial charge in [-0.25, -0.2) is 0 Å². The fourth-order valence-electron chi connectivity index (χ4n) is 4.11. The number of rotatable bonds is 9. The Kier molecular flexibility index (Phi) is 8.00. The molecule has 3 aromatic rings. The molecular weight excluding hydrogens is 446 g/mol. The molecule has 0 atom stereocenters. The maximum absolute atomic E-state index is 13.8. The Bertz CT molecular complexity index is 1280. The van der Waals surface area contributed by atoms with Gasteiger partial charge in [0.25, 0.3) is 5.56 Å². The summed E-state index contributed by atoms with van der Waals surface area (Å²) >= 11 is 0. The summed E-state index contributed by atoms with van der Waals surface area (Å²) in [6.07, 6.45) is 0.634. The van der Waals surface area contributed by atoms with Gasteiger partial charge in [-0.1, -0.05) is 36.3 Å². The van der Waals surface area contributed by atoms with Crippen molar-refractivity contribution in [2.75, 3.05) is 49.5 Å². The molecular formula is C25H31N7O3. The lowest BCUT2D eigenvalue weighted by Crippen LogP contribution is -2.44. The van der Waals surface area contributed by atoms with Crippen molar-refractivity contribution in [3.63, 3.8) is 0 Å². The average molecular weight is 478 g/mol. The van der Waals surface area contributed by atoms with E-state index >= 15 is 0 Å². The number of carbonyl (C=O) groups excluding carboxylic acids is 1. The maximum atomic E-state index is 13.8. The fourth-order valence-corrected chi connectivity index (χ4v) is 4.11. The molecule has 4 rings (SSSR count). The average Bonchev–Trinajstić information content (AvgIpc) is 3.25. The molecule has 3 heterocycles. The van der Waals surface area contributed by atoms with Crippen LogP contribution in [0.25, 0.3) is 11.2 Å². The van der Waals surface area contributed by atoms with Gasteiger partial charge in [0.05, 0.1) is 13.2 Å². The normalized spacial score (nSPS) is 13.4. The molecule has 0 amide bonds. The van der Waals surface area contributed by atoms with E-state index in [1.54, 1.807) is 18.4 Å².